The number of amides is 1. The van der Waals surface area contributed by atoms with E-state index in [-0.39, 0.29) is 18.0 Å². The van der Waals surface area contributed by atoms with Crippen molar-refractivity contribution in [3.8, 4) is 0 Å². The minimum Gasteiger partial charge on any atom is -0.350 e. The number of rotatable bonds is 6. The summed E-state index contributed by atoms with van der Waals surface area (Å²) in [5.74, 6) is 0.699. The molecule has 1 aliphatic heterocycles. The highest BCUT2D eigenvalue weighted by Crippen LogP contribution is 2.26. The number of nitrogens with one attached hydrogen (secondary N) is 1. The molecule has 1 amide bonds. The van der Waals surface area contributed by atoms with Crippen molar-refractivity contribution in [2.75, 3.05) is 19.6 Å². The van der Waals surface area contributed by atoms with Crippen LogP contribution in [-0.4, -0.2) is 45.2 Å². The second-order valence-corrected chi connectivity index (χ2v) is 9.07. The van der Waals surface area contributed by atoms with E-state index in [4.69, 9.17) is 4.98 Å². The molecule has 31 heavy (non-hydrogen) atoms. The number of likely N-dealkylation sites (tertiary alicyclic amines) is 1. The lowest BCUT2D eigenvalue weighted by Gasteiger charge is -2.37. The van der Waals surface area contributed by atoms with E-state index in [2.05, 4.69) is 60.4 Å². The molecular formula is C25H33N5O. The van der Waals surface area contributed by atoms with Gasteiger partial charge in [0, 0.05) is 18.0 Å². The third kappa shape index (κ3) is 4.64. The molecule has 4 rings (SSSR count). The Morgan fingerprint density at radius 3 is 2.58 bits per heavy atom. The van der Waals surface area contributed by atoms with Gasteiger partial charge in [0.15, 0.2) is 5.65 Å². The SMILES string of the molecule is Cc1nc2c(cnn2C(C)C)cc1C(=O)NCC(c1ccccc1)N1CCC(C)CC1. The molecule has 3 heterocycles. The van der Waals surface area contributed by atoms with Gasteiger partial charge in [0.25, 0.3) is 5.91 Å². The van der Waals surface area contributed by atoms with Gasteiger partial charge >= 0.3 is 0 Å². The van der Waals surface area contributed by atoms with Crippen molar-refractivity contribution in [2.24, 2.45) is 5.92 Å². The Kier molecular flexibility index (Phi) is 6.37. The molecule has 3 aromatic rings. The van der Waals surface area contributed by atoms with Gasteiger partial charge in [-0.25, -0.2) is 9.67 Å². The normalized spacial score (nSPS) is 16.7. The molecule has 1 fully saturated rings. The van der Waals surface area contributed by atoms with E-state index in [1.807, 2.05) is 23.7 Å². The lowest BCUT2D eigenvalue weighted by atomic mass is 9.95. The Balaban J connectivity index is 1.53. The zero-order valence-electron chi connectivity index (χ0n) is 19.0. The van der Waals surface area contributed by atoms with Crippen molar-refractivity contribution < 1.29 is 4.79 Å². The van der Waals surface area contributed by atoms with E-state index in [0.29, 0.717) is 12.1 Å². The average molecular weight is 420 g/mol. The molecule has 0 bridgehead atoms. The summed E-state index contributed by atoms with van der Waals surface area (Å²) in [4.78, 5) is 20.3. The Morgan fingerprint density at radius 2 is 1.90 bits per heavy atom. The topological polar surface area (TPSA) is 63.1 Å². The van der Waals surface area contributed by atoms with Crippen LogP contribution in [0.25, 0.3) is 11.0 Å². The Bertz CT molecular complexity index is 1030. The van der Waals surface area contributed by atoms with Crippen LogP contribution in [0.2, 0.25) is 0 Å². The van der Waals surface area contributed by atoms with Crippen LogP contribution in [0.15, 0.2) is 42.6 Å². The monoisotopic (exact) mass is 419 g/mol. The zero-order valence-corrected chi connectivity index (χ0v) is 19.0. The number of benzene rings is 1. The second kappa shape index (κ2) is 9.18. The summed E-state index contributed by atoms with van der Waals surface area (Å²) in [6, 6.07) is 12.8. The van der Waals surface area contributed by atoms with Gasteiger partial charge < -0.3 is 5.32 Å². The van der Waals surface area contributed by atoms with Crippen LogP contribution >= 0.6 is 0 Å². The summed E-state index contributed by atoms with van der Waals surface area (Å²) in [5, 5.41) is 8.52. The quantitative estimate of drug-likeness (QED) is 0.638. The fourth-order valence-electron chi connectivity index (χ4n) is 4.43. The molecule has 0 aliphatic carbocycles. The third-order valence-electron chi connectivity index (χ3n) is 6.39. The van der Waals surface area contributed by atoms with Gasteiger partial charge in [0.2, 0.25) is 0 Å². The third-order valence-corrected chi connectivity index (χ3v) is 6.39. The number of fused-ring (bicyclic) bond motifs is 1. The van der Waals surface area contributed by atoms with E-state index < -0.39 is 0 Å². The molecule has 6 heteroatoms. The lowest BCUT2D eigenvalue weighted by Crippen LogP contribution is -2.42. The second-order valence-electron chi connectivity index (χ2n) is 9.07. The van der Waals surface area contributed by atoms with Crippen LogP contribution in [0.5, 0.6) is 0 Å². The van der Waals surface area contributed by atoms with E-state index in [0.717, 1.165) is 35.7 Å². The van der Waals surface area contributed by atoms with Crippen molar-refractivity contribution in [1.29, 1.82) is 0 Å². The van der Waals surface area contributed by atoms with Gasteiger partial charge in [-0.1, -0.05) is 37.3 Å². The van der Waals surface area contributed by atoms with Gasteiger partial charge in [-0.3, -0.25) is 9.69 Å². The fraction of sp³-hybridized carbons (Fsp3) is 0.480. The van der Waals surface area contributed by atoms with Gasteiger partial charge in [0.1, 0.15) is 0 Å². The van der Waals surface area contributed by atoms with Crippen molar-refractivity contribution in [2.45, 2.75) is 52.6 Å². The van der Waals surface area contributed by atoms with Gasteiger partial charge in [0.05, 0.1) is 23.5 Å². The number of hydrogen-bond donors (Lipinski definition) is 1. The number of pyridine rings is 1. The minimum absolute atomic E-state index is 0.0736. The Labute approximate surface area is 184 Å². The summed E-state index contributed by atoms with van der Waals surface area (Å²) in [6.07, 6.45) is 4.20. The molecule has 1 aliphatic rings. The average Bonchev–Trinajstić information content (AvgIpc) is 3.18. The first kappa shape index (κ1) is 21.5. The van der Waals surface area contributed by atoms with Crippen LogP contribution in [0.1, 0.15) is 67.3 Å². The number of aryl methyl sites for hydroxylation is 1. The predicted octanol–water partition coefficient (Wildman–Crippen LogP) is 4.52. The zero-order chi connectivity index (χ0) is 22.0. The number of carbonyl (C=O) groups excluding carboxylic acids is 1. The molecule has 1 saturated heterocycles. The van der Waals surface area contributed by atoms with Crippen LogP contribution in [0.4, 0.5) is 0 Å². The Morgan fingerprint density at radius 1 is 1.19 bits per heavy atom. The summed E-state index contributed by atoms with van der Waals surface area (Å²) in [7, 11) is 0. The molecule has 6 nitrogen and oxygen atoms in total. The standard InChI is InChI=1S/C25H33N5O/c1-17(2)30-24-21(15-27-30)14-22(19(4)28-24)25(31)26-16-23(20-8-6-5-7-9-20)29-12-10-18(3)11-13-29/h5-9,14-15,17-18,23H,10-13,16H2,1-4H3,(H,26,31). The molecular weight excluding hydrogens is 386 g/mol. The van der Waals surface area contributed by atoms with E-state index in [9.17, 15) is 4.79 Å². The van der Waals surface area contributed by atoms with E-state index in [1.54, 1.807) is 6.20 Å². The minimum atomic E-state index is -0.0736. The first-order valence-electron chi connectivity index (χ1n) is 11.4. The van der Waals surface area contributed by atoms with Crippen LogP contribution in [0.3, 0.4) is 0 Å². The summed E-state index contributed by atoms with van der Waals surface area (Å²) >= 11 is 0. The smallest absolute Gasteiger partial charge is 0.253 e. The Hall–Kier alpha value is -2.73. The molecule has 0 radical (unpaired) electrons. The summed E-state index contributed by atoms with van der Waals surface area (Å²) in [6.45, 7) is 11.1. The molecule has 1 aromatic carbocycles. The van der Waals surface area contributed by atoms with Gasteiger partial charge in [-0.2, -0.15) is 5.10 Å². The van der Waals surface area contributed by atoms with Gasteiger partial charge in [-0.15, -0.1) is 0 Å². The molecule has 164 valence electrons. The first-order chi connectivity index (χ1) is 14.9. The van der Waals surface area contributed by atoms with Crippen molar-refractivity contribution in [3.05, 3.63) is 59.4 Å². The number of piperidine rings is 1. The van der Waals surface area contributed by atoms with Crippen molar-refractivity contribution in [1.82, 2.24) is 25.0 Å². The number of hydrogen-bond acceptors (Lipinski definition) is 4. The molecule has 1 N–H and O–H groups in total. The number of nitrogens with zero attached hydrogens (tertiary/aromatic N) is 4. The van der Waals surface area contributed by atoms with E-state index >= 15 is 0 Å². The molecule has 1 atom stereocenters. The van der Waals surface area contributed by atoms with Crippen LogP contribution < -0.4 is 5.32 Å². The maximum Gasteiger partial charge on any atom is 0.253 e. The summed E-state index contributed by atoms with van der Waals surface area (Å²) < 4.78 is 1.90. The highest BCUT2D eigenvalue weighted by molar-refractivity contribution is 5.98. The number of aromatic nitrogens is 3. The maximum atomic E-state index is 13.1. The van der Waals surface area contributed by atoms with Crippen molar-refractivity contribution >= 4 is 16.9 Å². The first-order valence-corrected chi connectivity index (χ1v) is 11.4. The van der Waals surface area contributed by atoms with Crippen LogP contribution in [0, 0.1) is 12.8 Å². The molecule has 2 aromatic heterocycles. The largest absolute Gasteiger partial charge is 0.350 e. The van der Waals surface area contributed by atoms with Crippen molar-refractivity contribution in [3.63, 3.8) is 0 Å². The highest BCUT2D eigenvalue weighted by atomic mass is 16.1. The molecule has 1 unspecified atom stereocenters. The molecule has 0 saturated carbocycles. The molecule has 0 spiro atoms. The van der Waals surface area contributed by atoms with Gasteiger partial charge in [-0.05, 0) is 64.3 Å². The fourth-order valence-corrected chi connectivity index (χ4v) is 4.43. The maximum absolute atomic E-state index is 13.1. The summed E-state index contributed by atoms with van der Waals surface area (Å²) in [5.41, 5.74) is 3.43. The number of carbonyl (C=O) groups is 1. The van der Waals surface area contributed by atoms with E-state index in [1.165, 1.54) is 18.4 Å². The highest BCUT2D eigenvalue weighted by Gasteiger charge is 2.25. The predicted molar refractivity (Wildman–Crippen MR) is 124 cm³/mol. The lowest BCUT2D eigenvalue weighted by molar-refractivity contribution is 0.0912. The van der Waals surface area contributed by atoms with Crippen LogP contribution in [-0.2, 0) is 0 Å².